The number of benzene rings is 1. The van der Waals surface area contributed by atoms with Gasteiger partial charge in [-0.2, -0.15) is 4.52 Å². The second kappa shape index (κ2) is 7.91. The molecule has 1 amide bonds. The van der Waals surface area contributed by atoms with Gasteiger partial charge < -0.3 is 14.8 Å². The van der Waals surface area contributed by atoms with Crippen LogP contribution < -0.4 is 10.1 Å². The number of aromatic nitrogens is 4. The highest BCUT2D eigenvalue weighted by atomic mass is 35.5. The third-order valence-corrected chi connectivity index (χ3v) is 3.63. The summed E-state index contributed by atoms with van der Waals surface area (Å²) in [5.74, 6) is 0.718. The van der Waals surface area contributed by atoms with E-state index in [-0.39, 0.29) is 19.1 Å². The van der Waals surface area contributed by atoms with Gasteiger partial charge in [-0.1, -0.05) is 23.7 Å². The Morgan fingerprint density at radius 1 is 1.24 bits per heavy atom. The van der Waals surface area contributed by atoms with Crippen molar-refractivity contribution in [3.63, 3.8) is 0 Å². The fraction of sp³-hybridized carbons (Fsp3) is 0.250. The molecule has 0 spiro atoms. The van der Waals surface area contributed by atoms with E-state index in [1.165, 1.54) is 7.11 Å². The number of hydrogen-bond acceptors (Lipinski definition) is 6. The van der Waals surface area contributed by atoms with E-state index in [0.29, 0.717) is 28.9 Å². The van der Waals surface area contributed by atoms with Gasteiger partial charge in [0.05, 0.1) is 11.6 Å². The lowest BCUT2D eigenvalue weighted by molar-refractivity contribution is -0.124. The van der Waals surface area contributed by atoms with E-state index in [0.717, 1.165) is 5.56 Å². The van der Waals surface area contributed by atoms with Gasteiger partial charge in [-0.15, -0.1) is 15.3 Å². The fourth-order valence-corrected chi connectivity index (χ4v) is 2.41. The number of amides is 1. The third kappa shape index (κ3) is 4.04. The van der Waals surface area contributed by atoms with Gasteiger partial charge in [0.25, 0.3) is 0 Å². The molecule has 0 saturated heterocycles. The molecule has 8 nitrogen and oxygen atoms in total. The highest BCUT2D eigenvalue weighted by Crippen LogP contribution is 2.26. The number of methoxy groups -OCH3 is 1. The van der Waals surface area contributed by atoms with Gasteiger partial charge in [0.2, 0.25) is 11.8 Å². The molecule has 0 fully saturated rings. The summed E-state index contributed by atoms with van der Waals surface area (Å²) < 4.78 is 11.9. The topological polar surface area (TPSA) is 90.6 Å². The van der Waals surface area contributed by atoms with Crippen LogP contribution in [0.1, 0.15) is 0 Å². The lowest BCUT2D eigenvalue weighted by atomic mass is 10.2. The van der Waals surface area contributed by atoms with Crippen LogP contribution in [0, 0.1) is 0 Å². The summed E-state index contributed by atoms with van der Waals surface area (Å²) in [4.78, 5) is 11.3. The summed E-state index contributed by atoms with van der Waals surface area (Å²) in [5.41, 5.74) is 1.31. The van der Waals surface area contributed by atoms with Crippen LogP contribution in [-0.2, 0) is 9.53 Å². The number of fused-ring (bicyclic) bond motifs is 1. The summed E-state index contributed by atoms with van der Waals surface area (Å²) >= 11 is 6.22. The van der Waals surface area contributed by atoms with E-state index in [1.807, 2.05) is 18.2 Å². The van der Waals surface area contributed by atoms with Crippen molar-refractivity contribution in [1.82, 2.24) is 25.1 Å². The molecule has 0 radical (unpaired) electrons. The van der Waals surface area contributed by atoms with Crippen molar-refractivity contribution in [2.24, 2.45) is 0 Å². The van der Waals surface area contributed by atoms with Crippen LogP contribution in [0.15, 0.2) is 36.4 Å². The summed E-state index contributed by atoms with van der Waals surface area (Å²) in [7, 11) is 1.46. The van der Waals surface area contributed by atoms with Crippen LogP contribution in [0.3, 0.4) is 0 Å². The van der Waals surface area contributed by atoms with Gasteiger partial charge in [0, 0.05) is 18.7 Å². The summed E-state index contributed by atoms with van der Waals surface area (Å²) in [6, 6.07) is 10.8. The molecule has 2 heterocycles. The van der Waals surface area contributed by atoms with Crippen LogP contribution in [0.5, 0.6) is 5.88 Å². The zero-order valence-electron chi connectivity index (χ0n) is 13.5. The molecule has 1 aromatic carbocycles. The summed E-state index contributed by atoms with van der Waals surface area (Å²) in [5, 5.41) is 15.8. The van der Waals surface area contributed by atoms with Crippen molar-refractivity contribution >= 4 is 23.2 Å². The van der Waals surface area contributed by atoms with Gasteiger partial charge >= 0.3 is 0 Å². The molecule has 3 rings (SSSR count). The Balaban J connectivity index is 1.73. The molecular weight excluding hydrogens is 346 g/mol. The zero-order valence-corrected chi connectivity index (χ0v) is 14.2. The first-order valence-corrected chi connectivity index (χ1v) is 7.92. The minimum Gasteiger partial charge on any atom is -0.475 e. The number of halogens is 1. The normalized spacial score (nSPS) is 10.8. The summed E-state index contributed by atoms with van der Waals surface area (Å²) in [6.07, 6.45) is 0. The number of carbonyl (C=O) groups is 1. The second-order valence-electron chi connectivity index (χ2n) is 5.08. The van der Waals surface area contributed by atoms with Crippen molar-refractivity contribution in [2.45, 2.75) is 0 Å². The maximum Gasteiger partial charge on any atom is 0.246 e. The first-order valence-electron chi connectivity index (χ1n) is 7.55. The Kier molecular flexibility index (Phi) is 5.42. The van der Waals surface area contributed by atoms with E-state index in [4.69, 9.17) is 21.1 Å². The van der Waals surface area contributed by atoms with Crippen molar-refractivity contribution < 1.29 is 14.3 Å². The predicted octanol–water partition coefficient (Wildman–Crippen LogP) is 1.59. The average molecular weight is 362 g/mol. The van der Waals surface area contributed by atoms with E-state index in [2.05, 4.69) is 20.6 Å². The minimum atomic E-state index is -0.200. The molecule has 0 saturated carbocycles. The van der Waals surface area contributed by atoms with Gasteiger partial charge in [0.15, 0.2) is 11.5 Å². The molecular formula is C16H16ClN5O3. The van der Waals surface area contributed by atoms with Crippen LogP contribution in [0.25, 0.3) is 17.0 Å². The molecule has 0 bridgehead atoms. The quantitative estimate of drug-likeness (QED) is 0.643. The number of carbonyl (C=O) groups excluding carboxylic acids is 1. The number of nitrogens with one attached hydrogen (secondary N) is 1. The molecule has 25 heavy (non-hydrogen) atoms. The number of hydrogen-bond donors (Lipinski definition) is 1. The van der Waals surface area contributed by atoms with Crippen molar-refractivity contribution in [2.75, 3.05) is 26.9 Å². The van der Waals surface area contributed by atoms with E-state index >= 15 is 0 Å². The third-order valence-electron chi connectivity index (χ3n) is 3.30. The van der Waals surface area contributed by atoms with Crippen molar-refractivity contribution in [3.05, 3.63) is 41.4 Å². The molecule has 0 aliphatic heterocycles. The fourth-order valence-electron chi connectivity index (χ4n) is 2.19. The van der Waals surface area contributed by atoms with Gasteiger partial charge in [-0.3, -0.25) is 4.79 Å². The van der Waals surface area contributed by atoms with E-state index in [9.17, 15) is 4.79 Å². The SMILES string of the molecule is COCC(=O)NCCOc1ccc2nnc(-c3ccccc3Cl)n2n1. The molecule has 3 aromatic rings. The monoisotopic (exact) mass is 361 g/mol. The number of ether oxygens (including phenoxy) is 2. The molecule has 0 aliphatic rings. The Bertz CT molecular complexity index is 883. The largest absolute Gasteiger partial charge is 0.475 e. The first kappa shape index (κ1) is 17.1. The maximum absolute atomic E-state index is 11.3. The molecule has 0 unspecified atom stereocenters. The van der Waals surface area contributed by atoms with E-state index in [1.54, 1.807) is 22.7 Å². The first-order chi connectivity index (χ1) is 12.2. The molecule has 0 atom stereocenters. The standard InChI is InChI=1S/C16H16ClN5O3/c1-24-10-14(23)18-8-9-25-15-7-6-13-19-20-16(22(13)21-15)11-4-2-3-5-12(11)17/h2-7H,8-10H2,1H3,(H,18,23). The molecule has 130 valence electrons. The Morgan fingerprint density at radius 2 is 2.08 bits per heavy atom. The van der Waals surface area contributed by atoms with Crippen LogP contribution >= 0.6 is 11.6 Å². The smallest absolute Gasteiger partial charge is 0.246 e. The van der Waals surface area contributed by atoms with Crippen molar-refractivity contribution in [3.8, 4) is 17.3 Å². The summed E-state index contributed by atoms with van der Waals surface area (Å²) in [6.45, 7) is 0.644. The molecule has 0 aliphatic carbocycles. The van der Waals surface area contributed by atoms with Crippen molar-refractivity contribution in [1.29, 1.82) is 0 Å². The van der Waals surface area contributed by atoms with Gasteiger partial charge in [0.1, 0.15) is 13.2 Å². The number of nitrogens with zero attached hydrogens (tertiary/aromatic N) is 4. The van der Waals surface area contributed by atoms with E-state index < -0.39 is 0 Å². The second-order valence-corrected chi connectivity index (χ2v) is 5.48. The zero-order chi connectivity index (χ0) is 17.6. The average Bonchev–Trinajstić information content (AvgIpc) is 3.02. The van der Waals surface area contributed by atoms with Crippen LogP contribution in [-0.4, -0.2) is 52.6 Å². The van der Waals surface area contributed by atoms with Crippen LogP contribution in [0.2, 0.25) is 5.02 Å². The predicted molar refractivity (Wildman–Crippen MR) is 91.6 cm³/mol. The maximum atomic E-state index is 11.3. The van der Waals surface area contributed by atoms with Crippen LogP contribution in [0.4, 0.5) is 0 Å². The molecule has 9 heteroatoms. The molecule has 2 aromatic heterocycles. The number of rotatable bonds is 7. The van der Waals surface area contributed by atoms with Gasteiger partial charge in [-0.25, -0.2) is 0 Å². The van der Waals surface area contributed by atoms with Gasteiger partial charge in [-0.05, 0) is 18.2 Å². The molecule has 1 N–H and O–H groups in total. The lowest BCUT2D eigenvalue weighted by Gasteiger charge is -2.07. The highest BCUT2D eigenvalue weighted by Gasteiger charge is 2.13. The Hall–Kier alpha value is -2.71. The lowest BCUT2D eigenvalue weighted by Crippen LogP contribution is -2.31. The minimum absolute atomic E-state index is 0.0200. The highest BCUT2D eigenvalue weighted by molar-refractivity contribution is 6.33. The Morgan fingerprint density at radius 3 is 2.88 bits per heavy atom. The Labute approximate surface area is 148 Å².